The Balaban J connectivity index is 2.76. The van der Waals surface area contributed by atoms with Gasteiger partial charge in [0, 0.05) is 28.7 Å². The summed E-state index contributed by atoms with van der Waals surface area (Å²) in [5.74, 6) is -1.81. The van der Waals surface area contributed by atoms with Gasteiger partial charge in [-0.1, -0.05) is 13.3 Å². The van der Waals surface area contributed by atoms with Crippen molar-refractivity contribution in [1.29, 1.82) is 0 Å². The van der Waals surface area contributed by atoms with Crippen LogP contribution in [0.15, 0.2) is 0 Å². The SMILES string of the molecule is [2H]CCCCOC[C@H]1OC(OC(C)=O)[C@H](OC(C)=O)[C@@H]1OC(C)=O. The van der Waals surface area contributed by atoms with Crippen LogP contribution in [0.3, 0.4) is 0 Å². The van der Waals surface area contributed by atoms with Crippen molar-refractivity contribution in [2.45, 2.75) is 65.1 Å². The second-order valence-corrected chi connectivity index (χ2v) is 5.08. The highest BCUT2D eigenvalue weighted by Crippen LogP contribution is 2.28. The highest BCUT2D eigenvalue weighted by Gasteiger charge is 2.51. The van der Waals surface area contributed by atoms with Gasteiger partial charge in [-0.3, -0.25) is 14.4 Å². The second-order valence-electron chi connectivity index (χ2n) is 5.08. The fraction of sp³-hybridized carbons (Fsp3) is 0.800. The van der Waals surface area contributed by atoms with Crippen LogP contribution < -0.4 is 0 Å². The van der Waals surface area contributed by atoms with Gasteiger partial charge < -0.3 is 23.7 Å². The fourth-order valence-corrected chi connectivity index (χ4v) is 2.14. The van der Waals surface area contributed by atoms with E-state index < -0.39 is 42.5 Å². The predicted molar refractivity (Wildman–Crippen MR) is 77.3 cm³/mol. The molecule has 0 N–H and O–H groups in total. The molecule has 8 heteroatoms. The molecule has 4 atom stereocenters. The topological polar surface area (TPSA) is 97.4 Å². The number of hydrogen-bond donors (Lipinski definition) is 0. The molecule has 1 rings (SSSR count). The molecule has 8 nitrogen and oxygen atoms in total. The Kier molecular flexibility index (Phi) is 7.28. The highest BCUT2D eigenvalue weighted by molar-refractivity contribution is 5.68. The first kappa shape index (κ1) is 17.7. The van der Waals surface area contributed by atoms with Crippen LogP contribution in [-0.2, 0) is 38.1 Å². The zero-order chi connectivity index (χ0) is 18.1. The summed E-state index contributed by atoms with van der Waals surface area (Å²) < 4.78 is 33.4. The summed E-state index contributed by atoms with van der Waals surface area (Å²) >= 11 is 0. The molecule has 23 heavy (non-hydrogen) atoms. The van der Waals surface area contributed by atoms with Crippen molar-refractivity contribution in [1.82, 2.24) is 0 Å². The molecule has 1 heterocycles. The summed E-state index contributed by atoms with van der Waals surface area (Å²) in [5, 5.41) is 0. The lowest BCUT2D eigenvalue weighted by atomic mass is 10.1. The maximum Gasteiger partial charge on any atom is 0.305 e. The lowest BCUT2D eigenvalue weighted by Crippen LogP contribution is -2.41. The number of carbonyl (C=O) groups excluding carboxylic acids is 3. The molecule has 1 unspecified atom stereocenters. The average Bonchev–Trinajstić information content (AvgIpc) is 2.75. The number of ether oxygens (including phenoxy) is 5. The molecule has 1 aliphatic rings. The molecule has 1 saturated heterocycles. The minimum absolute atomic E-state index is 0.0749. The maximum atomic E-state index is 11.3. The zero-order valence-electron chi connectivity index (χ0n) is 14.6. The molecule has 0 aromatic rings. The van der Waals surface area contributed by atoms with E-state index in [0.29, 0.717) is 19.9 Å². The van der Waals surface area contributed by atoms with Crippen LogP contribution in [0.5, 0.6) is 0 Å². The number of unbranched alkanes of at least 4 members (excludes halogenated alkanes) is 1. The number of hydrogen-bond acceptors (Lipinski definition) is 8. The molecule has 1 fully saturated rings. The maximum absolute atomic E-state index is 11.3. The smallest absolute Gasteiger partial charge is 0.305 e. The molecule has 0 aromatic carbocycles. The van der Waals surface area contributed by atoms with E-state index in [1.165, 1.54) is 20.8 Å². The Morgan fingerprint density at radius 1 is 1.00 bits per heavy atom. The van der Waals surface area contributed by atoms with Gasteiger partial charge in [0.15, 0.2) is 6.10 Å². The van der Waals surface area contributed by atoms with Gasteiger partial charge in [0.1, 0.15) is 6.10 Å². The Morgan fingerprint density at radius 3 is 2.17 bits per heavy atom. The first-order valence-corrected chi connectivity index (χ1v) is 7.39. The molecule has 132 valence electrons. The van der Waals surface area contributed by atoms with Gasteiger partial charge >= 0.3 is 17.9 Å². The van der Waals surface area contributed by atoms with Gasteiger partial charge in [0.2, 0.25) is 12.4 Å². The molecule has 0 aliphatic carbocycles. The zero-order valence-corrected chi connectivity index (χ0v) is 13.6. The molecule has 0 spiro atoms. The largest absolute Gasteiger partial charge is 0.455 e. The fourth-order valence-electron chi connectivity index (χ4n) is 2.14. The molecule has 0 saturated carbocycles. The van der Waals surface area contributed by atoms with Gasteiger partial charge in [-0.25, -0.2) is 0 Å². The molecular formula is C15H24O8. The molecule has 0 bridgehead atoms. The third kappa shape index (κ3) is 6.54. The summed E-state index contributed by atoms with van der Waals surface area (Å²) in [6, 6.07) is 0. The highest BCUT2D eigenvalue weighted by atomic mass is 16.7. The molecule has 0 aromatic heterocycles. The first-order valence-electron chi connectivity index (χ1n) is 8.10. The van der Waals surface area contributed by atoms with Crippen molar-refractivity contribution in [2.75, 3.05) is 13.2 Å². The Labute approximate surface area is 136 Å². The number of esters is 3. The van der Waals surface area contributed by atoms with E-state index in [4.69, 9.17) is 25.1 Å². The standard InChI is InChI=1S/C15H24O8/c1-5-6-7-19-8-12-13(20-9(2)16)14(21-10(3)17)15(23-12)22-11(4)18/h12-15H,5-8H2,1-4H3/t12-,13-,14-,15?/m1/s1/i1D. The lowest BCUT2D eigenvalue weighted by molar-refractivity contribution is -0.197. The van der Waals surface area contributed by atoms with E-state index in [1.807, 2.05) is 0 Å². The van der Waals surface area contributed by atoms with Gasteiger partial charge in [0.25, 0.3) is 0 Å². The summed E-state index contributed by atoms with van der Waals surface area (Å²) in [4.78, 5) is 33.8. The minimum atomic E-state index is -1.17. The monoisotopic (exact) mass is 333 g/mol. The van der Waals surface area contributed by atoms with E-state index in [1.54, 1.807) is 0 Å². The van der Waals surface area contributed by atoms with Crippen molar-refractivity contribution >= 4 is 17.9 Å². The molecule has 0 amide bonds. The third-order valence-corrected chi connectivity index (χ3v) is 2.97. The number of carbonyl (C=O) groups is 3. The average molecular weight is 333 g/mol. The molecule has 1 aliphatic heterocycles. The van der Waals surface area contributed by atoms with Gasteiger partial charge in [-0.15, -0.1) is 0 Å². The Morgan fingerprint density at radius 2 is 1.61 bits per heavy atom. The van der Waals surface area contributed by atoms with Crippen LogP contribution in [0.25, 0.3) is 0 Å². The van der Waals surface area contributed by atoms with E-state index in [-0.39, 0.29) is 6.61 Å². The van der Waals surface area contributed by atoms with Crippen molar-refractivity contribution in [2.24, 2.45) is 0 Å². The summed E-state index contributed by atoms with van der Waals surface area (Å²) in [6.07, 6.45) is -2.47. The molecule has 0 radical (unpaired) electrons. The van der Waals surface area contributed by atoms with E-state index in [9.17, 15) is 14.4 Å². The Bertz CT molecular complexity index is 441. The minimum Gasteiger partial charge on any atom is -0.455 e. The predicted octanol–water partition coefficient (Wildman–Crippen LogP) is 0.954. The first-order chi connectivity index (χ1) is 11.3. The summed E-state index contributed by atoms with van der Waals surface area (Å²) in [5.41, 5.74) is 0. The van der Waals surface area contributed by atoms with Crippen molar-refractivity contribution in [3.05, 3.63) is 0 Å². The number of rotatable bonds is 8. The third-order valence-electron chi connectivity index (χ3n) is 2.97. The van der Waals surface area contributed by atoms with Crippen LogP contribution in [0.2, 0.25) is 0 Å². The van der Waals surface area contributed by atoms with E-state index >= 15 is 0 Å². The van der Waals surface area contributed by atoms with Crippen molar-refractivity contribution in [3.63, 3.8) is 0 Å². The summed E-state index contributed by atoms with van der Waals surface area (Å²) in [7, 11) is 0. The van der Waals surface area contributed by atoms with Crippen LogP contribution in [-0.4, -0.2) is 55.7 Å². The summed E-state index contributed by atoms with van der Waals surface area (Å²) in [6.45, 7) is 4.42. The lowest BCUT2D eigenvalue weighted by Gasteiger charge is -2.22. The second kappa shape index (κ2) is 9.46. The van der Waals surface area contributed by atoms with Gasteiger partial charge in [-0.05, 0) is 6.42 Å². The van der Waals surface area contributed by atoms with E-state index in [2.05, 4.69) is 0 Å². The van der Waals surface area contributed by atoms with Crippen LogP contribution >= 0.6 is 0 Å². The van der Waals surface area contributed by atoms with Gasteiger partial charge in [-0.2, -0.15) is 0 Å². The molecular weight excluding hydrogens is 308 g/mol. The Hall–Kier alpha value is -1.67. The van der Waals surface area contributed by atoms with Crippen LogP contribution in [0.4, 0.5) is 0 Å². The van der Waals surface area contributed by atoms with Gasteiger partial charge in [0.05, 0.1) is 6.61 Å². The van der Waals surface area contributed by atoms with E-state index in [0.717, 1.165) is 6.42 Å². The van der Waals surface area contributed by atoms with Crippen molar-refractivity contribution < 1.29 is 39.4 Å². The quantitative estimate of drug-likeness (QED) is 0.368. The normalized spacial score (nSPS) is 27.2. The van der Waals surface area contributed by atoms with Crippen LogP contribution in [0, 0.1) is 0 Å². The van der Waals surface area contributed by atoms with Crippen molar-refractivity contribution in [3.8, 4) is 0 Å². The van der Waals surface area contributed by atoms with Crippen LogP contribution in [0.1, 0.15) is 41.9 Å².